The van der Waals surface area contributed by atoms with E-state index in [0.717, 1.165) is 13.0 Å². The molecule has 11 heavy (non-hydrogen) atoms. The van der Waals surface area contributed by atoms with Gasteiger partial charge in [-0.2, -0.15) is 0 Å². The zero-order chi connectivity index (χ0) is 8.43. The summed E-state index contributed by atoms with van der Waals surface area (Å²) in [6, 6.07) is 0.188. The Morgan fingerprint density at radius 2 is 2.27 bits per heavy atom. The molecule has 0 aromatic carbocycles. The van der Waals surface area contributed by atoms with Gasteiger partial charge in [0.15, 0.2) is 5.78 Å². The summed E-state index contributed by atoms with van der Waals surface area (Å²) in [6.07, 6.45) is 0.803. The van der Waals surface area contributed by atoms with Crippen molar-refractivity contribution in [1.29, 1.82) is 0 Å². The van der Waals surface area contributed by atoms with Crippen LogP contribution in [0.1, 0.15) is 20.3 Å². The molecule has 0 aromatic heterocycles. The average Bonchev–Trinajstić information content (AvgIpc) is 2.34. The molecule has 0 saturated carbocycles. The van der Waals surface area contributed by atoms with E-state index in [9.17, 15) is 4.79 Å². The van der Waals surface area contributed by atoms with E-state index in [1.165, 1.54) is 0 Å². The van der Waals surface area contributed by atoms with Crippen molar-refractivity contribution in [2.24, 2.45) is 11.7 Å². The van der Waals surface area contributed by atoms with Crippen LogP contribution in [0.5, 0.6) is 0 Å². The summed E-state index contributed by atoms with van der Waals surface area (Å²) in [7, 11) is 0. The number of hydrogen-bond acceptors (Lipinski definition) is 3. The quantitative estimate of drug-likeness (QED) is 0.587. The largest absolute Gasteiger partial charge is 0.326 e. The molecule has 3 N–H and O–H groups in total. The number of ketones is 1. The number of Topliss-reactive ketones (excluding diaryl/α,β-unsaturated/α-hetero) is 1. The van der Waals surface area contributed by atoms with Crippen LogP contribution < -0.4 is 11.1 Å². The third-order valence-corrected chi connectivity index (χ3v) is 2.08. The van der Waals surface area contributed by atoms with Gasteiger partial charge in [0.25, 0.3) is 0 Å². The fourth-order valence-electron chi connectivity index (χ4n) is 1.38. The molecule has 0 aliphatic carbocycles. The van der Waals surface area contributed by atoms with Crippen LogP contribution in [0.15, 0.2) is 0 Å². The number of carbonyl (C=O) groups is 1. The van der Waals surface area contributed by atoms with Crippen LogP contribution in [-0.4, -0.2) is 24.4 Å². The maximum absolute atomic E-state index is 11.4. The summed E-state index contributed by atoms with van der Waals surface area (Å²) < 4.78 is 0. The average molecular weight is 156 g/mol. The fraction of sp³-hybridized carbons (Fsp3) is 0.875. The van der Waals surface area contributed by atoms with E-state index >= 15 is 0 Å². The van der Waals surface area contributed by atoms with Crippen molar-refractivity contribution in [2.75, 3.05) is 6.54 Å². The zero-order valence-corrected chi connectivity index (χ0v) is 7.13. The summed E-state index contributed by atoms with van der Waals surface area (Å²) in [5, 5.41) is 3.11. The van der Waals surface area contributed by atoms with Crippen LogP contribution in [0.3, 0.4) is 0 Å². The second-order valence-electron chi connectivity index (χ2n) is 3.51. The van der Waals surface area contributed by atoms with E-state index in [1.54, 1.807) is 0 Å². The fourth-order valence-corrected chi connectivity index (χ4v) is 1.38. The van der Waals surface area contributed by atoms with Crippen LogP contribution in [0.2, 0.25) is 0 Å². The summed E-state index contributed by atoms with van der Waals surface area (Å²) >= 11 is 0. The molecule has 0 spiro atoms. The minimum atomic E-state index is 0.0185. The first-order valence-corrected chi connectivity index (χ1v) is 4.14. The molecule has 0 radical (unpaired) electrons. The van der Waals surface area contributed by atoms with Crippen LogP contribution in [-0.2, 0) is 4.79 Å². The minimum Gasteiger partial charge on any atom is -0.326 e. The Morgan fingerprint density at radius 1 is 1.64 bits per heavy atom. The molecule has 1 aliphatic rings. The number of nitrogens with two attached hydrogens (primary N) is 1. The predicted molar refractivity (Wildman–Crippen MR) is 44.2 cm³/mol. The van der Waals surface area contributed by atoms with Crippen molar-refractivity contribution in [3.63, 3.8) is 0 Å². The van der Waals surface area contributed by atoms with E-state index in [0.29, 0.717) is 0 Å². The van der Waals surface area contributed by atoms with Crippen molar-refractivity contribution in [3.05, 3.63) is 0 Å². The Balaban J connectivity index is 2.43. The Morgan fingerprint density at radius 3 is 2.64 bits per heavy atom. The highest BCUT2D eigenvalue weighted by Gasteiger charge is 2.28. The third-order valence-electron chi connectivity index (χ3n) is 2.08. The van der Waals surface area contributed by atoms with Gasteiger partial charge in [-0.25, -0.2) is 0 Å². The van der Waals surface area contributed by atoms with E-state index in [1.807, 2.05) is 13.8 Å². The van der Waals surface area contributed by atoms with Crippen molar-refractivity contribution < 1.29 is 4.79 Å². The second kappa shape index (κ2) is 3.32. The maximum atomic E-state index is 11.4. The molecule has 1 saturated heterocycles. The Bertz CT molecular complexity index is 156. The molecule has 0 amide bonds. The van der Waals surface area contributed by atoms with Gasteiger partial charge in [0.2, 0.25) is 0 Å². The van der Waals surface area contributed by atoms with Gasteiger partial charge in [-0.05, 0) is 6.42 Å². The molecule has 1 fully saturated rings. The van der Waals surface area contributed by atoms with Gasteiger partial charge in [-0.3, -0.25) is 4.79 Å². The zero-order valence-electron chi connectivity index (χ0n) is 7.13. The van der Waals surface area contributed by atoms with Crippen LogP contribution in [0.25, 0.3) is 0 Å². The van der Waals surface area contributed by atoms with Gasteiger partial charge in [-0.15, -0.1) is 0 Å². The standard InChI is InChI=1S/C8H16N2O/c1-5(2)8(11)7-3-6(9)4-10-7/h5-7,10H,3-4,9H2,1-2H3. The van der Waals surface area contributed by atoms with Gasteiger partial charge >= 0.3 is 0 Å². The lowest BCUT2D eigenvalue weighted by Crippen LogP contribution is -2.33. The minimum absolute atomic E-state index is 0.0185. The highest BCUT2D eigenvalue weighted by molar-refractivity contribution is 5.86. The lowest BCUT2D eigenvalue weighted by molar-refractivity contribution is -0.123. The Kier molecular flexibility index (Phi) is 2.62. The SMILES string of the molecule is CC(C)C(=O)C1CC(N)CN1. The van der Waals surface area contributed by atoms with Crippen molar-refractivity contribution in [3.8, 4) is 0 Å². The van der Waals surface area contributed by atoms with Gasteiger partial charge in [-0.1, -0.05) is 13.8 Å². The summed E-state index contributed by atoms with van der Waals surface area (Å²) in [5.41, 5.74) is 5.65. The molecule has 0 aromatic rings. The van der Waals surface area contributed by atoms with Crippen LogP contribution in [0, 0.1) is 5.92 Å². The molecule has 1 aliphatic heterocycles. The third kappa shape index (κ3) is 2.01. The topological polar surface area (TPSA) is 55.1 Å². The molecule has 3 nitrogen and oxygen atoms in total. The van der Waals surface area contributed by atoms with E-state index < -0.39 is 0 Å². The molecule has 1 rings (SSSR count). The first kappa shape index (κ1) is 8.68. The van der Waals surface area contributed by atoms with Gasteiger partial charge in [0, 0.05) is 18.5 Å². The normalized spacial score (nSPS) is 31.3. The molecule has 3 heteroatoms. The van der Waals surface area contributed by atoms with Crippen molar-refractivity contribution >= 4 is 5.78 Å². The van der Waals surface area contributed by atoms with Crippen molar-refractivity contribution in [2.45, 2.75) is 32.4 Å². The maximum Gasteiger partial charge on any atom is 0.152 e. The monoisotopic (exact) mass is 156 g/mol. The Labute approximate surface area is 67.3 Å². The second-order valence-corrected chi connectivity index (χ2v) is 3.51. The first-order valence-electron chi connectivity index (χ1n) is 4.14. The summed E-state index contributed by atoms with van der Waals surface area (Å²) in [6.45, 7) is 4.63. The number of hydrogen-bond donors (Lipinski definition) is 2. The molecule has 0 bridgehead atoms. The van der Waals surface area contributed by atoms with E-state index in [4.69, 9.17) is 5.73 Å². The molecule has 64 valence electrons. The highest BCUT2D eigenvalue weighted by Crippen LogP contribution is 2.09. The first-order chi connectivity index (χ1) is 5.11. The lowest BCUT2D eigenvalue weighted by atomic mass is 10.00. The van der Waals surface area contributed by atoms with Gasteiger partial charge < -0.3 is 11.1 Å². The molecular weight excluding hydrogens is 140 g/mol. The molecule has 2 atom stereocenters. The summed E-state index contributed by atoms with van der Waals surface area (Å²) in [5.74, 6) is 0.413. The number of nitrogens with one attached hydrogen (secondary N) is 1. The number of rotatable bonds is 2. The van der Waals surface area contributed by atoms with Gasteiger partial charge in [0.1, 0.15) is 0 Å². The molecule has 2 unspecified atom stereocenters. The van der Waals surface area contributed by atoms with Crippen LogP contribution in [0.4, 0.5) is 0 Å². The molecule has 1 heterocycles. The van der Waals surface area contributed by atoms with Crippen molar-refractivity contribution in [1.82, 2.24) is 5.32 Å². The molecular formula is C8H16N2O. The lowest BCUT2D eigenvalue weighted by Gasteiger charge is -2.10. The number of carbonyl (C=O) groups excluding carboxylic acids is 1. The smallest absolute Gasteiger partial charge is 0.152 e. The Hall–Kier alpha value is -0.410. The van der Waals surface area contributed by atoms with E-state index in [2.05, 4.69) is 5.32 Å². The summed E-state index contributed by atoms with van der Waals surface area (Å²) in [4.78, 5) is 11.4. The van der Waals surface area contributed by atoms with Crippen LogP contribution >= 0.6 is 0 Å². The highest BCUT2D eigenvalue weighted by atomic mass is 16.1. The van der Waals surface area contributed by atoms with E-state index in [-0.39, 0.29) is 23.8 Å². The predicted octanol–water partition coefficient (Wildman–Crippen LogP) is -0.0993. The van der Waals surface area contributed by atoms with Gasteiger partial charge in [0.05, 0.1) is 6.04 Å².